The van der Waals surface area contributed by atoms with Gasteiger partial charge in [-0.3, -0.25) is 4.79 Å². The van der Waals surface area contributed by atoms with Gasteiger partial charge in [0, 0.05) is 0 Å². The highest BCUT2D eigenvalue weighted by atomic mass is 79.9. The van der Waals surface area contributed by atoms with Crippen LogP contribution in [0.2, 0.25) is 5.22 Å². The molecule has 0 aliphatic carbocycles. The van der Waals surface area contributed by atoms with Crippen molar-refractivity contribution in [3.8, 4) is 0 Å². The molecule has 2 aromatic rings. The average molecular weight is 305 g/mol. The van der Waals surface area contributed by atoms with E-state index in [4.69, 9.17) is 20.4 Å². The Morgan fingerprint density at radius 1 is 1.31 bits per heavy atom. The van der Waals surface area contributed by atoms with E-state index in [-0.39, 0.29) is 18.2 Å². The summed E-state index contributed by atoms with van der Waals surface area (Å²) >= 11 is 8.71. The van der Waals surface area contributed by atoms with E-state index >= 15 is 0 Å². The fourth-order valence-electron chi connectivity index (χ4n) is 1.14. The number of amides is 1. The maximum absolute atomic E-state index is 11.5. The first-order valence-corrected chi connectivity index (χ1v) is 5.60. The first-order valence-electron chi connectivity index (χ1n) is 4.43. The Kier molecular flexibility index (Phi) is 3.36. The summed E-state index contributed by atoms with van der Waals surface area (Å²) in [7, 11) is 0. The highest BCUT2D eigenvalue weighted by Gasteiger charge is 2.10. The number of carbonyl (C=O) groups is 1. The van der Waals surface area contributed by atoms with Crippen LogP contribution in [0.25, 0.3) is 0 Å². The van der Waals surface area contributed by atoms with Gasteiger partial charge in [-0.25, -0.2) is 0 Å². The topological polar surface area (TPSA) is 55.4 Å². The first-order chi connectivity index (χ1) is 7.65. The molecule has 0 spiro atoms. The molecule has 0 saturated heterocycles. The monoisotopic (exact) mass is 303 g/mol. The zero-order valence-electron chi connectivity index (χ0n) is 8.00. The van der Waals surface area contributed by atoms with Gasteiger partial charge in [-0.15, -0.1) is 0 Å². The molecule has 0 atom stereocenters. The SMILES string of the molecule is O=C(NCc1ccc(Cl)o1)c1ccc(Br)o1. The molecule has 2 heterocycles. The molecular formula is C10H7BrClNO3. The van der Waals surface area contributed by atoms with Crippen molar-refractivity contribution in [1.29, 1.82) is 0 Å². The predicted molar refractivity (Wildman–Crippen MR) is 61.3 cm³/mol. The third kappa shape index (κ3) is 2.68. The van der Waals surface area contributed by atoms with Gasteiger partial charge in [0.1, 0.15) is 5.76 Å². The molecule has 0 fully saturated rings. The molecule has 0 radical (unpaired) electrons. The molecular weight excluding hydrogens is 297 g/mol. The number of halogens is 2. The summed E-state index contributed by atoms with van der Waals surface area (Å²) in [5, 5.41) is 2.93. The lowest BCUT2D eigenvalue weighted by Crippen LogP contribution is -2.21. The van der Waals surface area contributed by atoms with E-state index in [1.165, 1.54) is 0 Å². The number of carbonyl (C=O) groups excluding carboxylic acids is 1. The lowest BCUT2D eigenvalue weighted by atomic mass is 10.4. The van der Waals surface area contributed by atoms with Gasteiger partial charge >= 0.3 is 0 Å². The summed E-state index contributed by atoms with van der Waals surface area (Å²) in [6, 6.07) is 6.54. The van der Waals surface area contributed by atoms with Gasteiger partial charge in [-0.05, 0) is 51.8 Å². The van der Waals surface area contributed by atoms with Crippen LogP contribution in [0.15, 0.2) is 37.8 Å². The largest absolute Gasteiger partial charge is 0.448 e. The second kappa shape index (κ2) is 4.76. The zero-order valence-corrected chi connectivity index (χ0v) is 10.3. The number of nitrogens with one attached hydrogen (secondary N) is 1. The Balaban J connectivity index is 1.93. The molecule has 1 N–H and O–H groups in total. The Labute approximate surface area is 105 Å². The normalized spacial score (nSPS) is 10.4. The van der Waals surface area contributed by atoms with E-state index in [9.17, 15) is 4.79 Å². The van der Waals surface area contributed by atoms with Crippen LogP contribution in [0.1, 0.15) is 16.3 Å². The van der Waals surface area contributed by atoms with Crippen molar-refractivity contribution in [2.45, 2.75) is 6.54 Å². The third-order valence-corrected chi connectivity index (χ3v) is 2.48. The van der Waals surface area contributed by atoms with E-state index in [2.05, 4.69) is 21.2 Å². The van der Waals surface area contributed by atoms with Crippen LogP contribution in [-0.2, 0) is 6.54 Å². The predicted octanol–water partition coefficient (Wildman–Crippen LogP) is 3.22. The minimum atomic E-state index is -0.307. The van der Waals surface area contributed by atoms with E-state index < -0.39 is 0 Å². The van der Waals surface area contributed by atoms with Crippen molar-refractivity contribution < 1.29 is 13.6 Å². The van der Waals surface area contributed by atoms with Crippen LogP contribution in [-0.4, -0.2) is 5.91 Å². The third-order valence-electron chi connectivity index (χ3n) is 1.85. The highest BCUT2D eigenvalue weighted by molar-refractivity contribution is 9.10. The van der Waals surface area contributed by atoms with Crippen LogP contribution < -0.4 is 5.32 Å². The molecule has 0 aliphatic rings. The molecule has 4 nitrogen and oxygen atoms in total. The highest BCUT2D eigenvalue weighted by Crippen LogP contribution is 2.15. The number of hydrogen-bond donors (Lipinski definition) is 1. The molecule has 84 valence electrons. The van der Waals surface area contributed by atoms with E-state index in [0.29, 0.717) is 15.6 Å². The maximum Gasteiger partial charge on any atom is 0.287 e. The van der Waals surface area contributed by atoms with E-state index in [1.807, 2.05) is 0 Å². The zero-order chi connectivity index (χ0) is 11.5. The Hall–Kier alpha value is -1.20. The van der Waals surface area contributed by atoms with Gasteiger partial charge in [0.2, 0.25) is 0 Å². The van der Waals surface area contributed by atoms with Gasteiger partial charge in [-0.1, -0.05) is 0 Å². The second-order valence-electron chi connectivity index (χ2n) is 2.99. The van der Waals surface area contributed by atoms with Crippen molar-refractivity contribution in [1.82, 2.24) is 5.32 Å². The van der Waals surface area contributed by atoms with E-state index in [0.717, 1.165) is 0 Å². The van der Waals surface area contributed by atoms with Crippen LogP contribution in [0.3, 0.4) is 0 Å². The van der Waals surface area contributed by atoms with Crippen molar-refractivity contribution >= 4 is 33.4 Å². The van der Waals surface area contributed by atoms with Crippen molar-refractivity contribution in [2.24, 2.45) is 0 Å². The second-order valence-corrected chi connectivity index (χ2v) is 4.15. The Morgan fingerprint density at radius 2 is 2.12 bits per heavy atom. The first kappa shape index (κ1) is 11.3. The Bertz CT molecular complexity index is 506. The number of furan rings is 2. The molecule has 0 bridgehead atoms. The molecule has 1 amide bonds. The molecule has 2 rings (SSSR count). The molecule has 6 heteroatoms. The van der Waals surface area contributed by atoms with Gasteiger partial charge < -0.3 is 14.2 Å². The van der Waals surface area contributed by atoms with Gasteiger partial charge in [-0.2, -0.15) is 0 Å². The summed E-state index contributed by atoms with van der Waals surface area (Å²) in [6.45, 7) is 0.268. The molecule has 0 aromatic carbocycles. The fraction of sp³-hybridized carbons (Fsp3) is 0.100. The summed E-state index contributed by atoms with van der Waals surface area (Å²) in [6.07, 6.45) is 0. The lowest BCUT2D eigenvalue weighted by Gasteiger charge is -1.99. The summed E-state index contributed by atoms with van der Waals surface area (Å²) in [5.74, 6) is 0.520. The van der Waals surface area contributed by atoms with Crippen LogP contribution >= 0.6 is 27.5 Å². The molecule has 0 saturated carbocycles. The van der Waals surface area contributed by atoms with Gasteiger partial charge in [0.05, 0.1) is 6.54 Å². The molecule has 16 heavy (non-hydrogen) atoms. The smallest absolute Gasteiger partial charge is 0.287 e. The minimum absolute atomic E-state index is 0.240. The quantitative estimate of drug-likeness (QED) is 0.947. The summed E-state index contributed by atoms with van der Waals surface area (Å²) in [5.41, 5.74) is 0. The van der Waals surface area contributed by atoms with Crippen LogP contribution in [0.5, 0.6) is 0 Å². The summed E-state index contributed by atoms with van der Waals surface area (Å²) < 4.78 is 10.7. The lowest BCUT2D eigenvalue weighted by molar-refractivity contribution is 0.0919. The average Bonchev–Trinajstić information content (AvgIpc) is 2.84. The van der Waals surface area contributed by atoms with Crippen LogP contribution in [0.4, 0.5) is 0 Å². The van der Waals surface area contributed by atoms with Crippen molar-refractivity contribution in [3.63, 3.8) is 0 Å². The standard InChI is InChI=1S/C10H7BrClNO3/c11-8-3-2-7(16-8)10(14)13-5-6-1-4-9(12)15-6/h1-4H,5H2,(H,13,14). The van der Waals surface area contributed by atoms with E-state index in [1.54, 1.807) is 24.3 Å². The van der Waals surface area contributed by atoms with Crippen LogP contribution in [0, 0.1) is 0 Å². The minimum Gasteiger partial charge on any atom is -0.448 e. The van der Waals surface area contributed by atoms with Crippen molar-refractivity contribution in [3.05, 3.63) is 45.7 Å². The molecule has 2 aromatic heterocycles. The number of hydrogen-bond acceptors (Lipinski definition) is 3. The van der Waals surface area contributed by atoms with Crippen molar-refractivity contribution in [2.75, 3.05) is 0 Å². The van der Waals surface area contributed by atoms with Gasteiger partial charge in [0.15, 0.2) is 15.6 Å². The fourth-order valence-corrected chi connectivity index (χ4v) is 1.61. The molecule has 0 unspecified atom stereocenters. The molecule has 0 aliphatic heterocycles. The number of rotatable bonds is 3. The Morgan fingerprint density at radius 3 is 2.69 bits per heavy atom. The summed E-state index contributed by atoms with van der Waals surface area (Å²) in [4.78, 5) is 11.5. The van der Waals surface area contributed by atoms with Gasteiger partial charge in [0.25, 0.3) is 5.91 Å². The maximum atomic E-state index is 11.5.